The number of para-hydroxylation sites is 2. The second-order valence-corrected chi connectivity index (χ2v) is 7.99. The van der Waals surface area contributed by atoms with Crippen molar-refractivity contribution in [2.75, 3.05) is 5.32 Å². The summed E-state index contributed by atoms with van der Waals surface area (Å²) in [6.45, 7) is 5.97. The number of hydrogen-bond acceptors (Lipinski definition) is 4. The summed E-state index contributed by atoms with van der Waals surface area (Å²) in [5.41, 5.74) is 1.48. The third-order valence-electron chi connectivity index (χ3n) is 4.60. The Hall–Kier alpha value is -3.42. The van der Waals surface area contributed by atoms with Crippen molar-refractivity contribution in [3.63, 3.8) is 0 Å². The molecule has 0 aliphatic heterocycles. The van der Waals surface area contributed by atoms with Crippen LogP contribution in [-0.4, -0.2) is 19.7 Å². The average molecular weight is 411 g/mol. The summed E-state index contributed by atoms with van der Waals surface area (Å²) in [5.74, 6) is 0.978. The van der Waals surface area contributed by atoms with E-state index in [0.29, 0.717) is 22.8 Å². The zero-order valence-corrected chi connectivity index (χ0v) is 16.7. The minimum atomic E-state index is -4.44. The summed E-state index contributed by atoms with van der Waals surface area (Å²) in [5, 5.41) is 7.73. The molecule has 0 atom stereocenters. The molecule has 0 unspecified atom stereocenters. The Morgan fingerprint density at radius 1 is 0.900 bits per heavy atom. The van der Waals surface area contributed by atoms with Gasteiger partial charge in [-0.1, -0.05) is 39.0 Å². The molecule has 1 N–H and O–H groups in total. The quantitative estimate of drug-likeness (QED) is 0.458. The van der Waals surface area contributed by atoms with E-state index >= 15 is 0 Å². The predicted molar refractivity (Wildman–Crippen MR) is 110 cm³/mol. The standard InChI is InChI=1S/C22H20F3N5/c1-21(2,3)18-12-20(28-19-13-26-16-9-4-5-10-17(16)27-19)30(29-18)15-8-6-7-14(11-15)22(23,24)25/h4-13H,1-3H3,(H,27,28). The molecule has 4 rings (SSSR count). The molecule has 2 aromatic heterocycles. The zero-order valence-electron chi connectivity index (χ0n) is 16.7. The molecule has 0 amide bonds. The second kappa shape index (κ2) is 7.12. The van der Waals surface area contributed by atoms with E-state index in [4.69, 9.17) is 0 Å². The van der Waals surface area contributed by atoms with Gasteiger partial charge in [0.15, 0.2) is 5.82 Å². The molecule has 0 spiro atoms. The largest absolute Gasteiger partial charge is 0.416 e. The van der Waals surface area contributed by atoms with Gasteiger partial charge in [-0.05, 0) is 30.3 Å². The summed E-state index contributed by atoms with van der Waals surface area (Å²) in [6.07, 6.45) is -2.85. The van der Waals surface area contributed by atoms with Gasteiger partial charge < -0.3 is 5.32 Å². The molecule has 5 nitrogen and oxygen atoms in total. The highest BCUT2D eigenvalue weighted by Crippen LogP contribution is 2.32. The van der Waals surface area contributed by atoms with Crippen molar-refractivity contribution in [1.29, 1.82) is 0 Å². The van der Waals surface area contributed by atoms with Gasteiger partial charge in [0.05, 0.1) is 34.2 Å². The van der Waals surface area contributed by atoms with E-state index in [-0.39, 0.29) is 5.41 Å². The SMILES string of the molecule is CC(C)(C)c1cc(Nc2cnc3ccccc3n2)n(-c2cccc(C(F)(F)F)c2)n1. The number of anilines is 2. The Kier molecular flexibility index (Phi) is 4.72. The highest BCUT2D eigenvalue weighted by Gasteiger charge is 2.31. The lowest BCUT2D eigenvalue weighted by Gasteiger charge is -2.14. The normalized spacial score (nSPS) is 12.3. The number of nitrogens with one attached hydrogen (secondary N) is 1. The van der Waals surface area contributed by atoms with Gasteiger partial charge in [0.2, 0.25) is 0 Å². The highest BCUT2D eigenvalue weighted by atomic mass is 19.4. The molecular formula is C22H20F3N5. The van der Waals surface area contributed by atoms with Crippen LogP contribution in [0.5, 0.6) is 0 Å². The second-order valence-electron chi connectivity index (χ2n) is 7.99. The molecule has 0 saturated carbocycles. The summed E-state index contributed by atoms with van der Waals surface area (Å²) in [4.78, 5) is 8.92. The Morgan fingerprint density at radius 2 is 1.63 bits per heavy atom. The van der Waals surface area contributed by atoms with Crippen molar-refractivity contribution in [2.45, 2.75) is 32.4 Å². The van der Waals surface area contributed by atoms with Gasteiger partial charge in [0.1, 0.15) is 5.82 Å². The molecule has 0 bridgehead atoms. The van der Waals surface area contributed by atoms with E-state index in [2.05, 4.69) is 20.4 Å². The maximum Gasteiger partial charge on any atom is 0.416 e. The van der Waals surface area contributed by atoms with E-state index in [1.54, 1.807) is 12.3 Å². The molecule has 0 aliphatic rings. The van der Waals surface area contributed by atoms with E-state index < -0.39 is 11.7 Å². The van der Waals surface area contributed by atoms with Crippen LogP contribution < -0.4 is 5.32 Å². The van der Waals surface area contributed by atoms with Crippen LogP contribution in [0.15, 0.2) is 60.8 Å². The first-order chi connectivity index (χ1) is 14.1. The third-order valence-corrected chi connectivity index (χ3v) is 4.60. The smallest absolute Gasteiger partial charge is 0.324 e. The van der Waals surface area contributed by atoms with E-state index in [1.807, 2.05) is 51.1 Å². The summed E-state index contributed by atoms with van der Waals surface area (Å²) in [6, 6.07) is 14.3. The summed E-state index contributed by atoms with van der Waals surface area (Å²) in [7, 11) is 0. The minimum absolute atomic E-state index is 0.293. The Bertz CT molecular complexity index is 1210. The van der Waals surface area contributed by atoms with Gasteiger partial charge in [-0.2, -0.15) is 18.3 Å². The van der Waals surface area contributed by atoms with Crippen LogP contribution in [0, 0.1) is 0 Å². The van der Waals surface area contributed by atoms with Crippen LogP contribution in [0.3, 0.4) is 0 Å². The lowest BCUT2D eigenvalue weighted by Crippen LogP contribution is -2.13. The van der Waals surface area contributed by atoms with Gasteiger partial charge in [0, 0.05) is 11.5 Å². The van der Waals surface area contributed by atoms with Crippen molar-refractivity contribution in [2.24, 2.45) is 0 Å². The molecule has 8 heteroatoms. The number of nitrogens with zero attached hydrogens (tertiary/aromatic N) is 4. The lowest BCUT2D eigenvalue weighted by atomic mass is 9.92. The molecule has 0 fully saturated rings. The van der Waals surface area contributed by atoms with Crippen LogP contribution >= 0.6 is 0 Å². The third kappa shape index (κ3) is 3.98. The van der Waals surface area contributed by atoms with Crippen molar-refractivity contribution in [3.05, 3.63) is 72.1 Å². The van der Waals surface area contributed by atoms with E-state index in [1.165, 1.54) is 10.7 Å². The lowest BCUT2D eigenvalue weighted by molar-refractivity contribution is -0.137. The van der Waals surface area contributed by atoms with Crippen molar-refractivity contribution in [1.82, 2.24) is 19.7 Å². The molecule has 2 heterocycles. The molecular weight excluding hydrogens is 391 g/mol. The van der Waals surface area contributed by atoms with Gasteiger partial charge in [-0.25, -0.2) is 9.67 Å². The Morgan fingerprint density at radius 3 is 2.33 bits per heavy atom. The number of fused-ring (bicyclic) bond motifs is 1. The van der Waals surface area contributed by atoms with Crippen molar-refractivity contribution in [3.8, 4) is 5.69 Å². The maximum absolute atomic E-state index is 13.2. The molecule has 0 radical (unpaired) electrons. The van der Waals surface area contributed by atoms with Gasteiger partial charge in [-0.15, -0.1) is 0 Å². The highest BCUT2D eigenvalue weighted by molar-refractivity contribution is 5.76. The first-order valence-electron chi connectivity index (χ1n) is 9.38. The summed E-state index contributed by atoms with van der Waals surface area (Å²) < 4.78 is 41.1. The van der Waals surface area contributed by atoms with Gasteiger partial charge in [-0.3, -0.25) is 4.98 Å². The summed E-state index contributed by atoms with van der Waals surface area (Å²) >= 11 is 0. The number of alkyl halides is 3. The monoisotopic (exact) mass is 411 g/mol. The Labute approximate surface area is 171 Å². The molecule has 30 heavy (non-hydrogen) atoms. The molecule has 154 valence electrons. The Balaban J connectivity index is 1.80. The minimum Gasteiger partial charge on any atom is -0.324 e. The van der Waals surface area contributed by atoms with Crippen LogP contribution in [0.1, 0.15) is 32.0 Å². The number of aromatic nitrogens is 4. The first-order valence-corrected chi connectivity index (χ1v) is 9.38. The predicted octanol–water partition coefficient (Wildman–Crippen LogP) is 5.88. The number of hydrogen-bond donors (Lipinski definition) is 1. The molecule has 4 aromatic rings. The van der Waals surface area contributed by atoms with Crippen molar-refractivity contribution >= 4 is 22.7 Å². The van der Waals surface area contributed by atoms with Crippen LogP contribution in [0.2, 0.25) is 0 Å². The first kappa shape index (κ1) is 19.9. The molecule has 0 aliphatic carbocycles. The van der Waals surface area contributed by atoms with E-state index in [9.17, 15) is 13.2 Å². The average Bonchev–Trinajstić information content (AvgIpc) is 3.12. The molecule has 0 saturated heterocycles. The zero-order chi connectivity index (χ0) is 21.5. The fraction of sp³-hybridized carbons (Fsp3) is 0.227. The topological polar surface area (TPSA) is 55.6 Å². The van der Waals surface area contributed by atoms with Gasteiger partial charge >= 0.3 is 6.18 Å². The van der Waals surface area contributed by atoms with Gasteiger partial charge in [0.25, 0.3) is 0 Å². The van der Waals surface area contributed by atoms with E-state index in [0.717, 1.165) is 23.3 Å². The number of benzene rings is 2. The van der Waals surface area contributed by atoms with Crippen LogP contribution in [0.4, 0.5) is 24.8 Å². The molecule has 2 aromatic carbocycles. The van der Waals surface area contributed by atoms with Crippen molar-refractivity contribution < 1.29 is 13.2 Å². The fourth-order valence-electron chi connectivity index (χ4n) is 3.00. The van der Waals surface area contributed by atoms with Crippen LogP contribution in [-0.2, 0) is 11.6 Å². The maximum atomic E-state index is 13.2. The number of rotatable bonds is 3. The number of halogens is 3. The van der Waals surface area contributed by atoms with Crippen LogP contribution in [0.25, 0.3) is 16.7 Å². The fourth-order valence-corrected chi connectivity index (χ4v) is 3.00.